The molecule has 32 heavy (non-hydrogen) atoms. The monoisotopic (exact) mass is 430 g/mol. The standard InChI is InChI=1S/C29H19ClN2/c30-29-19-22(18-26(31-29)20-9-2-1-3-10-20)21-11-8-12-23(17-21)32-27-15-6-4-13-24(27)25-14-5-7-16-28(25)32/h1-19H. The van der Waals surface area contributed by atoms with E-state index in [1.165, 1.54) is 21.8 Å². The molecule has 0 N–H and O–H groups in total. The van der Waals surface area contributed by atoms with E-state index in [2.05, 4.69) is 101 Å². The van der Waals surface area contributed by atoms with Crippen LogP contribution in [0.2, 0.25) is 5.15 Å². The summed E-state index contributed by atoms with van der Waals surface area (Å²) in [5.41, 5.74) is 7.59. The minimum atomic E-state index is 0.489. The summed E-state index contributed by atoms with van der Waals surface area (Å²) in [5.74, 6) is 0. The van der Waals surface area contributed by atoms with Gasteiger partial charge in [-0.15, -0.1) is 0 Å². The van der Waals surface area contributed by atoms with Gasteiger partial charge in [-0.2, -0.15) is 0 Å². The van der Waals surface area contributed by atoms with Crippen LogP contribution in [0.25, 0.3) is 49.9 Å². The molecular weight excluding hydrogens is 412 g/mol. The Kier molecular flexibility index (Phi) is 4.52. The Morgan fingerprint density at radius 1 is 0.531 bits per heavy atom. The van der Waals surface area contributed by atoms with Gasteiger partial charge in [-0.25, -0.2) is 4.98 Å². The van der Waals surface area contributed by atoms with Crippen molar-refractivity contribution in [1.82, 2.24) is 9.55 Å². The second-order valence-electron chi connectivity index (χ2n) is 7.85. The second-order valence-corrected chi connectivity index (χ2v) is 8.24. The van der Waals surface area contributed by atoms with Gasteiger partial charge in [-0.1, -0.05) is 90.5 Å². The fourth-order valence-electron chi connectivity index (χ4n) is 4.45. The van der Waals surface area contributed by atoms with Crippen LogP contribution < -0.4 is 0 Å². The molecule has 0 fully saturated rings. The van der Waals surface area contributed by atoms with E-state index in [1.54, 1.807) is 0 Å². The van der Waals surface area contributed by atoms with Gasteiger partial charge in [0.25, 0.3) is 0 Å². The molecule has 0 saturated carbocycles. The lowest BCUT2D eigenvalue weighted by atomic mass is 10.0. The van der Waals surface area contributed by atoms with Crippen LogP contribution in [0.4, 0.5) is 0 Å². The number of nitrogens with zero attached hydrogens (tertiary/aromatic N) is 2. The summed E-state index contributed by atoms with van der Waals surface area (Å²) >= 11 is 6.43. The largest absolute Gasteiger partial charge is 0.309 e. The molecule has 152 valence electrons. The quantitative estimate of drug-likeness (QED) is 0.259. The van der Waals surface area contributed by atoms with Crippen molar-refractivity contribution in [3.8, 4) is 28.1 Å². The first-order valence-electron chi connectivity index (χ1n) is 10.6. The maximum absolute atomic E-state index is 6.43. The number of halogens is 1. The summed E-state index contributed by atoms with van der Waals surface area (Å²) in [6.45, 7) is 0. The normalized spacial score (nSPS) is 11.3. The first kappa shape index (κ1) is 18.9. The topological polar surface area (TPSA) is 17.8 Å². The summed E-state index contributed by atoms with van der Waals surface area (Å²) in [6.07, 6.45) is 0. The maximum atomic E-state index is 6.43. The van der Waals surface area contributed by atoms with E-state index in [0.29, 0.717) is 5.15 Å². The molecule has 0 spiro atoms. The molecule has 4 aromatic carbocycles. The van der Waals surface area contributed by atoms with Crippen molar-refractivity contribution in [1.29, 1.82) is 0 Å². The number of rotatable bonds is 3. The summed E-state index contributed by atoms with van der Waals surface area (Å²) in [5, 5.41) is 3.00. The first-order valence-corrected chi connectivity index (χ1v) is 11.0. The first-order chi connectivity index (χ1) is 15.8. The van der Waals surface area contributed by atoms with Crippen molar-refractivity contribution in [3.63, 3.8) is 0 Å². The van der Waals surface area contributed by atoms with Crippen LogP contribution in [0.5, 0.6) is 0 Å². The van der Waals surface area contributed by atoms with Crippen LogP contribution in [-0.4, -0.2) is 9.55 Å². The van der Waals surface area contributed by atoms with Gasteiger partial charge in [-0.3, -0.25) is 0 Å². The molecule has 2 nitrogen and oxygen atoms in total. The lowest BCUT2D eigenvalue weighted by molar-refractivity contribution is 1.18. The molecule has 6 aromatic rings. The minimum absolute atomic E-state index is 0.489. The maximum Gasteiger partial charge on any atom is 0.130 e. The smallest absolute Gasteiger partial charge is 0.130 e. The highest BCUT2D eigenvalue weighted by molar-refractivity contribution is 6.29. The lowest BCUT2D eigenvalue weighted by Crippen LogP contribution is -1.94. The van der Waals surface area contributed by atoms with Crippen LogP contribution in [0.3, 0.4) is 0 Å². The zero-order valence-corrected chi connectivity index (χ0v) is 18.0. The molecule has 0 aliphatic rings. The zero-order valence-electron chi connectivity index (χ0n) is 17.2. The highest BCUT2D eigenvalue weighted by Gasteiger charge is 2.12. The Morgan fingerprint density at radius 3 is 1.88 bits per heavy atom. The number of para-hydroxylation sites is 2. The average molecular weight is 431 g/mol. The third-order valence-electron chi connectivity index (χ3n) is 5.88. The number of fused-ring (bicyclic) bond motifs is 3. The molecule has 2 aromatic heterocycles. The Bertz CT molecular complexity index is 1530. The van der Waals surface area contributed by atoms with Crippen molar-refractivity contribution < 1.29 is 0 Å². The SMILES string of the molecule is Clc1cc(-c2cccc(-n3c4ccccc4c4ccccc43)c2)cc(-c2ccccc2)n1. The van der Waals surface area contributed by atoms with E-state index in [0.717, 1.165) is 28.1 Å². The van der Waals surface area contributed by atoms with Gasteiger partial charge in [0.05, 0.1) is 16.7 Å². The second kappa shape index (κ2) is 7.67. The summed E-state index contributed by atoms with van der Waals surface area (Å²) in [6, 6.07) is 39.9. The Balaban J connectivity index is 1.54. The molecule has 0 amide bonds. The Labute approximate surface area is 191 Å². The number of hydrogen-bond acceptors (Lipinski definition) is 1. The van der Waals surface area contributed by atoms with Crippen LogP contribution in [0.15, 0.2) is 115 Å². The molecule has 6 rings (SSSR count). The molecule has 0 unspecified atom stereocenters. The molecule has 2 heterocycles. The van der Waals surface area contributed by atoms with Crippen LogP contribution >= 0.6 is 11.6 Å². The van der Waals surface area contributed by atoms with Crippen molar-refractivity contribution in [2.24, 2.45) is 0 Å². The van der Waals surface area contributed by atoms with E-state index >= 15 is 0 Å². The van der Waals surface area contributed by atoms with Gasteiger partial charge in [0.15, 0.2) is 0 Å². The fourth-order valence-corrected chi connectivity index (χ4v) is 4.65. The lowest BCUT2D eigenvalue weighted by Gasteiger charge is -2.11. The molecule has 0 saturated heterocycles. The number of hydrogen-bond donors (Lipinski definition) is 0. The van der Waals surface area contributed by atoms with Gasteiger partial charge in [0, 0.05) is 22.0 Å². The zero-order chi connectivity index (χ0) is 21.5. The number of pyridine rings is 1. The molecule has 0 aliphatic carbocycles. The van der Waals surface area contributed by atoms with Gasteiger partial charge in [0.2, 0.25) is 0 Å². The van der Waals surface area contributed by atoms with E-state index in [4.69, 9.17) is 11.6 Å². The average Bonchev–Trinajstić information content (AvgIpc) is 3.19. The van der Waals surface area contributed by atoms with E-state index in [9.17, 15) is 0 Å². The van der Waals surface area contributed by atoms with E-state index in [-0.39, 0.29) is 0 Å². The highest BCUT2D eigenvalue weighted by Crippen LogP contribution is 2.34. The third-order valence-corrected chi connectivity index (χ3v) is 6.08. The molecule has 3 heteroatoms. The van der Waals surface area contributed by atoms with Crippen LogP contribution in [-0.2, 0) is 0 Å². The summed E-state index contributed by atoms with van der Waals surface area (Å²) in [4.78, 5) is 4.54. The minimum Gasteiger partial charge on any atom is -0.309 e. The Morgan fingerprint density at radius 2 is 1.16 bits per heavy atom. The van der Waals surface area contributed by atoms with Crippen LogP contribution in [0, 0.1) is 0 Å². The Hall–Kier alpha value is -3.88. The summed E-state index contributed by atoms with van der Waals surface area (Å²) < 4.78 is 2.33. The van der Waals surface area contributed by atoms with Crippen LogP contribution in [0.1, 0.15) is 0 Å². The predicted molar refractivity (Wildman–Crippen MR) is 134 cm³/mol. The molecule has 0 radical (unpaired) electrons. The molecular formula is C29H19ClN2. The van der Waals surface area contributed by atoms with Gasteiger partial charge in [-0.05, 0) is 47.5 Å². The van der Waals surface area contributed by atoms with E-state index in [1.807, 2.05) is 24.3 Å². The van der Waals surface area contributed by atoms with Crippen molar-refractivity contribution in [2.45, 2.75) is 0 Å². The summed E-state index contributed by atoms with van der Waals surface area (Å²) in [7, 11) is 0. The van der Waals surface area contributed by atoms with Crippen molar-refractivity contribution >= 4 is 33.4 Å². The molecule has 0 atom stereocenters. The number of benzene rings is 4. The van der Waals surface area contributed by atoms with Crippen molar-refractivity contribution in [3.05, 3.63) is 120 Å². The highest BCUT2D eigenvalue weighted by atomic mass is 35.5. The molecule has 0 aliphatic heterocycles. The van der Waals surface area contributed by atoms with Crippen molar-refractivity contribution in [2.75, 3.05) is 0 Å². The predicted octanol–water partition coefficient (Wildman–Crippen LogP) is 8.17. The molecule has 0 bridgehead atoms. The number of aromatic nitrogens is 2. The van der Waals surface area contributed by atoms with Gasteiger partial charge >= 0.3 is 0 Å². The fraction of sp³-hybridized carbons (Fsp3) is 0. The third kappa shape index (κ3) is 3.17. The van der Waals surface area contributed by atoms with E-state index < -0.39 is 0 Å². The van der Waals surface area contributed by atoms with Gasteiger partial charge in [0.1, 0.15) is 5.15 Å². The van der Waals surface area contributed by atoms with Gasteiger partial charge < -0.3 is 4.57 Å².